The van der Waals surface area contributed by atoms with Crippen LogP contribution >= 0.6 is 0 Å². The molecule has 0 bridgehead atoms. The Bertz CT molecular complexity index is 772. The molecule has 156 valence electrons. The topological polar surface area (TPSA) is 48.0 Å². The van der Waals surface area contributed by atoms with Gasteiger partial charge in [0.1, 0.15) is 6.79 Å². The SMILES string of the molecule is COCCOCOC(c1ccccc1)C1CCC(=O)N(c2c(C)cccc2C)C1. The highest BCUT2D eigenvalue weighted by atomic mass is 16.7. The number of rotatable bonds is 9. The molecule has 1 aliphatic rings. The summed E-state index contributed by atoms with van der Waals surface area (Å²) < 4.78 is 16.8. The first-order valence-electron chi connectivity index (χ1n) is 10.2. The second-order valence-corrected chi connectivity index (χ2v) is 7.56. The lowest BCUT2D eigenvalue weighted by Gasteiger charge is -2.38. The van der Waals surface area contributed by atoms with Crippen molar-refractivity contribution in [3.8, 4) is 0 Å². The van der Waals surface area contributed by atoms with Crippen molar-refractivity contribution in [3.05, 3.63) is 65.2 Å². The normalized spacial score (nSPS) is 18.1. The highest BCUT2D eigenvalue weighted by Crippen LogP contribution is 2.36. The summed E-state index contributed by atoms with van der Waals surface area (Å²) in [5, 5.41) is 0. The fourth-order valence-electron chi connectivity index (χ4n) is 4.04. The summed E-state index contributed by atoms with van der Waals surface area (Å²) in [6, 6.07) is 16.4. The van der Waals surface area contributed by atoms with Gasteiger partial charge in [-0.05, 0) is 37.0 Å². The van der Waals surface area contributed by atoms with E-state index in [1.54, 1.807) is 7.11 Å². The number of methoxy groups -OCH3 is 1. The molecule has 5 nitrogen and oxygen atoms in total. The molecule has 1 fully saturated rings. The third-order valence-electron chi connectivity index (χ3n) is 5.48. The molecule has 1 aliphatic heterocycles. The lowest BCUT2D eigenvalue weighted by Crippen LogP contribution is -2.43. The molecule has 0 N–H and O–H groups in total. The number of carbonyl (C=O) groups excluding carboxylic acids is 1. The molecular weight excluding hydrogens is 366 g/mol. The van der Waals surface area contributed by atoms with Crippen molar-refractivity contribution in [3.63, 3.8) is 0 Å². The Hall–Kier alpha value is -2.21. The molecule has 2 unspecified atom stereocenters. The molecule has 2 aromatic rings. The average molecular weight is 398 g/mol. The van der Waals surface area contributed by atoms with Crippen LogP contribution in [0, 0.1) is 19.8 Å². The standard InChI is InChI=1S/C24H31NO4/c1-18-8-7-9-19(2)23(18)25-16-21(12-13-22(25)26)24(20-10-5-4-6-11-20)29-17-28-15-14-27-3/h4-11,21,24H,12-17H2,1-3H3. The van der Waals surface area contributed by atoms with Gasteiger partial charge in [-0.3, -0.25) is 4.79 Å². The lowest BCUT2D eigenvalue weighted by molar-refractivity contribution is -0.127. The molecule has 1 amide bonds. The van der Waals surface area contributed by atoms with Crippen LogP contribution in [0.25, 0.3) is 0 Å². The summed E-state index contributed by atoms with van der Waals surface area (Å²) in [5.74, 6) is 0.377. The van der Waals surface area contributed by atoms with Gasteiger partial charge in [-0.2, -0.15) is 0 Å². The number of para-hydroxylation sites is 1. The van der Waals surface area contributed by atoms with Crippen molar-refractivity contribution in [2.24, 2.45) is 5.92 Å². The third-order valence-corrected chi connectivity index (χ3v) is 5.48. The predicted molar refractivity (Wildman–Crippen MR) is 114 cm³/mol. The summed E-state index contributed by atoms with van der Waals surface area (Å²) >= 11 is 0. The fourth-order valence-corrected chi connectivity index (χ4v) is 4.04. The first kappa shape index (κ1) is 21.5. The van der Waals surface area contributed by atoms with E-state index in [9.17, 15) is 4.79 Å². The van der Waals surface area contributed by atoms with Crippen molar-refractivity contribution in [2.45, 2.75) is 32.8 Å². The monoisotopic (exact) mass is 397 g/mol. The molecule has 1 saturated heterocycles. The number of amides is 1. The minimum Gasteiger partial charge on any atom is -0.382 e. The summed E-state index contributed by atoms with van der Waals surface area (Å²) in [7, 11) is 1.65. The lowest BCUT2D eigenvalue weighted by atomic mass is 9.87. The van der Waals surface area contributed by atoms with Gasteiger partial charge in [0.2, 0.25) is 5.91 Å². The van der Waals surface area contributed by atoms with Gasteiger partial charge in [0.05, 0.1) is 19.3 Å². The fraction of sp³-hybridized carbons (Fsp3) is 0.458. The second kappa shape index (κ2) is 10.5. The molecule has 3 rings (SSSR count). The van der Waals surface area contributed by atoms with E-state index >= 15 is 0 Å². The zero-order valence-electron chi connectivity index (χ0n) is 17.6. The summed E-state index contributed by atoms with van der Waals surface area (Å²) in [4.78, 5) is 14.7. The molecule has 0 radical (unpaired) electrons. The smallest absolute Gasteiger partial charge is 0.227 e. The van der Waals surface area contributed by atoms with Gasteiger partial charge in [0.25, 0.3) is 0 Å². The highest BCUT2D eigenvalue weighted by molar-refractivity contribution is 5.95. The van der Waals surface area contributed by atoms with Crippen LogP contribution in [-0.2, 0) is 19.0 Å². The molecule has 1 heterocycles. The number of aryl methyl sites for hydroxylation is 2. The van der Waals surface area contributed by atoms with Crippen LogP contribution in [0.3, 0.4) is 0 Å². The number of anilines is 1. The minimum atomic E-state index is -0.126. The Morgan fingerprint density at radius 1 is 1.03 bits per heavy atom. The summed E-state index contributed by atoms with van der Waals surface area (Å²) in [6.45, 7) is 6.01. The number of carbonyl (C=O) groups is 1. The summed E-state index contributed by atoms with van der Waals surface area (Å²) in [6.07, 6.45) is 1.20. The first-order valence-corrected chi connectivity index (χ1v) is 10.2. The zero-order chi connectivity index (χ0) is 20.6. The van der Waals surface area contributed by atoms with Crippen LogP contribution in [0.15, 0.2) is 48.5 Å². The van der Waals surface area contributed by atoms with E-state index in [1.165, 1.54) is 0 Å². The Labute approximate surface area is 173 Å². The van der Waals surface area contributed by atoms with Crippen molar-refractivity contribution in [2.75, 3.05) is 38.6 Å². The van der Waals surface area contributed by atoms with Crippen molar-refractivity contribution >= 4 is 11.6 Å². The molecule has 5 heteroatoms. The molecule has 2 aromatic carbocycles. The largest absolute Gasteiger partial charge is 0.382 e. The van der Waals surface area contributed by atoms with E-state index in [2.05, 4.69) is 38.1 Å². The number of hydrogen-bond acceptors (Lipinski definition) is 4. The molecule has 0 aliphatic carbocycles. The van der Waals surface area contributed by atoms with Crippen molar-refractivity contribution in [1.82, 2.24) is 0 Å². The maximum atomic E-state index is 12.8. The number of benzene rings is 2. The number of ether oxygens (including phenoxy) is 3. The van der Waals surface area contributed by atoms with E-state index in [0.29, 0.717) is 26.2 Å². The van der Waals surface area contributed by atoms with Gasteiger partial charge < -0.3 is 19.1 Å². The van der Waals surface area contributed by atoms with Crippen LogP contribution in [0.5, 0.6) is 0 Å². The van der Waals surface area contributed by atoms with E-state index in [1.807, 2.05) is 29.2 Å². The van der Waals surface area contributed by atoms with Gasteiger partial charge in [-0.15, -0.1) is 0 Å². The van der Waals surface area contributed by atoms with Crippen LogP contribution in [0.1, 0.15) is 35.6 Å². The zero-order valence-corrected chi connectivity index (χ0v) is 17.6. The summed E-state index contributed by atoms with van der Waals surface area (Å²) in [5.41, 5.74) is 4.40. The van der Waals surface area contributed by atoms with E-state index in [4.69, 9.17) is 14.2 Å². The number of nitrogens with zero attached hydrogens (tertiary/aromatic N) is 1. The Morgan fingerprint density at radius 3 is 2.45 bits per heavy atom. The van der Waals surface area contributed by atoms with Gasteiger partial charge in [-0.1, -0.05) is 48.5 Å². The maximum absolute atomic E-state index is 12.8. The number of hydrogen-bond donors (Lipinski definition) is 0. The van der Waals surface area contributed by atoms with Gasteiger partial charge in [0.15, 0.2) is 0 Å². The van der Waals surface area contributed by atoms with Crippen LogP contribution < -0.4 is 4.90 Å². The molecule has 0 saturated carbocycles. The second-order valence-electron chi connectivity index (χ2n) is 7.56. The molecule has 29 heavy (non-hydrogen) atoms. The highest BCUT2D eigenvalue weighted by Gasteiger charge is 2.34. The van der Waals surface area contributed by atoms with Crippen LogP contribution in [0.4, 0.5) is 5.69 Å². The van der Waals surface area contributed by atoms with Crippen molar-refractivity contribution in [1.29, 1.82) is 0 Å². The quantitative estimate of drug-likeness (QED) is 0.464. The van der Waals surface area contributed by atoms with Crippen LogP contribution in [-0.4, -0.2) is 39.6 Å². The van der Waals surface area contributed by atoms with Gasteiger partial charge in [-0.25, -0.2) is 0 Å². The van der Waals surface area contributed by atoms with Gasteiger partial charge in [0, 0.05) is 31.7 Å². The Balaban J connectivity index is 1.79. The van der Waals surface area contributed by atoms with Crippen molar-refractivity contribution < 1.29 is 19.0 Å². The Kier molecular flexibility index (Phi) is 7.81. The minimum absolute atomic E-state index is 0.126. The average Bonchev–Trinajstić information content (AvgIpc) is 2.73. The Morgan fingerprint density at radius 2 is 1.76 bits per heavy atom. The van der Waals surface area contributed by atoms with E-state index in [0.717, 1.165) is 28.8 Å². The predicted octanol–water partition coefficient (Wildman–Crippen LogP) is 4.42. The third kappa shape index (κ3) is 5.44. The molecule has 2 atom stereocenters. The van der Waals surface area contributed by atoms with Gasteiger partial charge >= 0.3 is 0 Å². The number of piperidine rings is 1. The van der Waals surface area contributed by atoms with Crippen LogP contribution in [0.2, 0.25) is 0 Å². The molecular formula is C24H31NO4. The maximum Gasteiger partial charge on any atom is 0.227 e. The molecule has 0 spiro atoms. The van der Waals surface area contributed by atoms with E-state index < -0.39 is 0 Å². The van der Waals surface area contributed by atoms with E-state index in [-0.39, 0.29) is 24.7 Å². The molecule has 0 aromatic heterocycles. The first-order chi connectivity index (χ1) is 14.1.